The van der Waals surface area contributed by atoms with Gasteiger partial charge in [0.1, 0.15) is 11.7 Å². The van der Waals surface area contributed by atoms with Crippen LogP contribution in [0.1, 0.15) is 52.9 Å². The summed E-state index contributed by atoms with van der Waals surface area (Å²) in [5.74, 6) is -9.05. The molecule has 7 aliphatic rings. The van der Waals surface area contributed by atoms with E-state index in [0.29, 0.717) is 0 Å². The van der Waals surface area contributed by atoms with E-state index in [0.717, 1.165) is 0 Å². The molecule has 3 aliphatic carbocycles. The van der Waals surface area contributed by atoms with Crippen LogP contribution in [0, 0.1) is 28.6 Å². The number of fused-ring (bicyclic) bond motifs is 9. The van der Waals surface area contributed by atoms with Crippen molar-refractivity contribution in [3.05, 3.63) is 24.3 Å². The van der Waals surface area contributed by atoms with Crippen molar-refractivity contribution in [1.29, 1.82) is 0 Å². The van der Waals surface area contributed by atoms with Crippen LogP contribution in [0.3, 0.4) is 0 Å². The molecule has 12 atom stereocenters. The molecule has 216 valence electrons. The minimum absolute atomic E-state index is 0.00971. The summed E-state index contributed by atoms with van der Waals surface area (Å²) in [7, 11) is 1.41. The Morgan fingerprint density at radius 1 is 1.10 bits per heavy atom. The normalized spacial score (nSPS) is 57.9. The molecule has 0 amide bonds. The fourth-order valence-electron chi connectivity index (χ4n) is 10.2. The molecule has 0 aromatic rings. The van der Waals surface area contributed by atoms with Gasteiger partial charge in [-0.2, -0.15) is 0 Å². The van der Waals surface area contributed by atoms with E-state index in [1.165, 1.54) is 20.1 Å². The van der Waals surface area contributed by atoms with Gasteiger partial charge in [-0.1, -0.05) is 19.6 Å². The van der Waals surface area contributed by atoms with Crippen molar-refractivity contribution in [2.75, 3.05) is 7.11 Å². The van der Waals surface area contributed by atoms with Crippen molar-refractivity contribution in [2.45, 2.75) is 93.3 Å². The first-order chi connectivity index (χ1) is 18.5. The first-order valence-corrected chi connectivity index (χ1v) is 13.8. The van der Waals surface area contributed by atoms with Gasteiger partial charge in [0.15, 0.2) is 28.4 Å². The summed E-state index contributed by atoms with van der Waals surface area (Å²) < 4.78 is 23.9. The quantitative estimate of drug-likeness (QED) is 0.299. The number of aliphatic hydroxyl groups is 3. The number of Topliss-reactive ketones (excluding diaryl/α,β-unsaturated/α-hetero) is 1. The Kier molecular flexibility index (Phi) is 4.71. The number of allylic oxidation sites excluding steroid dienone is 1. The second-order valence-electron chi connectivity index (χ2n) is 13.5. The largest absolute Gasteiger partial charge is 0.455 e. The highest BCUT2D eigenvalue weighted by Gasteiger charge is 2.92. The van der Waals surface area contributed by atoms with E-state index >= 15 is 0 Å². The van der Waals surface area contributed by atoms with Crippen molar-refractivity contribution in [2.24, 2.45) is 28.6 Å². The predicted molar refractivity (Wildman–Crippen MR) is 132 cm³/mol. The first kappa shape index (κ1) is 26.5. The highest BCUT2D eigenvalue weighted by molar-refractivity contribution is 6.02. The van der Waals surface area contributed by atoms with E-state index in [4.69, 9.17) is 18.9 Å². The Morgan fingerprint density at radius 3 is 2.48 bits per heavy atom. The van der Waals surface area contributed by atoms with Crippen LogP contribution >= 0.6 is 0 Å². The minimum Gasteiger partial charge on any atom is -0.455 e. The van der Waals surface area contributed by atoms with Gasteiger partial charge in [-0.25, -0.2) is 9.59 Å². The van der Waals surface area contributed by atoms with E-state index in [2.05, 4.69) is 6.58 Å². The lowest BCUT2D eigenvalue weighted by Gasteiger charge is -2.63. The maximum Gasteiger partial charge on any atom is 0.342 e. The Labute approximate surface area is 230 Å². The molecule has 4 saturated heterocycles. The van der Waals surface area contributed by atoms with E-state index in [-0.39, 0.29) is 43.5 Å². The fraction of sp³-hybridized carbons (Fsp3) is 0.724. The van der Waals surface area contributed by atoms with Crippen molar-refractivity contribution < 1.29 is 53.4 Å². The first-order valence-electron chi connectivity index (χ1n) is 13.8. The molecule has 11 heteroatoms. The van der Waals surface area contributed by atoms with Crippen LogP contribution in [0.25, 0.3) is 0 Å². The number of carbonyl (C=O) groups excluding carboxylic acids is 4. The molecule has 40 heavy (non-hydrogen) atoms. The highest BCUT2D eigenvalue weighted by Crippen LogP contribution is 2.73. The van der Waals surface area contributed by atoms with Crippen LogP contribution in [-0.4, -0.2) is 86.3 Å². The number of aliphatic hydroxyl groups excluding tert-OH is 1. The molecule has 4 heterocycles. The second kappa shape index (κ2) is 7.12. The Morgan fingerprint density at radius 2 is 1.80 bits per heavy atom. The van der Waals surface area contributed by atoms with Crippen molar-refractivity contribution in [3.8, 4) is 0 Å². The molecule has 0 aromatic heterocycles. The highest BCUT2D eigenvalue weighted by atomic mass is 16.7. The van der Waals surface area contributed by atoms with Crippen LogP contribution < -0.4 is 0 Å². The van der Waals surface area contributed by atoms with E-state index in [1.54, 1.807) is 19.9 Å². The van der Waals surface area contributed by atoms with Gasteiger partial charge < -0.3 is 34.3 Å². The van der Waals surface area contributed by atoms with Crippen molar-refractivity contribution >= 4 is 23.5 Å². The third kappa shape index (κ3) is 2.28. The number of ketones is 2. The number of carbonyl (C=O) groups is 4. The maximum atomic E-state index is 14.7. The summed E-state index contributed by atoms with van der Waals surface area (Å²) in [5.41, 5.74) is -10.6. The minimum atomic E-state index is -2.64. The number of hydrogen-bond donors (Lipinski definition) is 3. The van der Waals surface area contributed by atoms with Crippen LogP contribution in [-0.2, 0) is 38.1 Å². The van der Waals surface area contributed by atoms with Crippen LogP contribution in [0.4, 0.5) is 0 Å². The smallest absolute Gasteiger partial charge is 0.342 e. The molecule has 0 aromatic carbocycles. The topological polar surface area (TPSA) is 166 Å². The van der Waals surface area contributed by atoms with Gasteiger partial charge in [-0.3, -0.25) is 9.59 Å². The van der Waals surface area contributed by atoms with Gasteiger partial charge in [-0.15, -0.1) is 0 Å². The van der Waals surface area contributed by atoms with Gasteiger partial charge in [0.25, 0.3) is 0 Å². The summed E-state index contributed by atoms with van der Waals surface area (Å²) in [6.45, 7) is 8.63. The Bertz CT molecular complexity index is 1350. The number of esters is 2. The molecule has 7 rings (SSSR count). The zero-order chi connectivity index (χ0) is 29.1. The second-order valence-corrected chi connectivity index (χ2v) is 13.5. The molecule has 4 bridgehead atoms. The molecule has 6 fully saturated rings. The van der Waals surface area contributed by atoms with Gasteiger partial charge in [0, 0.05) is 24.0 Å². The summed E-state index contributed by atoms with van der Waals surface area (Å²) in [5, 5.41) is 36.4. The number of ether oxygens (including phenoxy) is 4. The van der Waals surface area contributed by atoms with Crippen LogP contribution in [0.15, 0.2) is 24.3 Å². The van der Waals surface area contributed by atoms with Crippen molar-refractivity contribution in [3.63, 3.8) is 0 Å². The molecule has 3 N–H and O–H groups in total. The zero-order valence-electron chi connectivity index (χ0n) is 22.9. The Hall–Kier alpha value is -2.44. The average molecular weight is 559 g/mol. The maximum absolute atomic E-state index is 14.7. The number of rotatable bonds is 1. The lowest BCUT2D eigenvalue weighted by atomic mass is 9.47. The molecule has 1 spiro atoms. The van der Waals surface area contributed by atoms with E-state index in [9.17, 15) is 34.5 Å². The fourth-order valence-corrected chi connectivity index (χ4v) is 10.2. The van der Waals surface area contributed by atoms with Gasteiger partial charge in [-0.05, 0) is 57.9 Å². The molecule has 0 unspecified atom stereocenters. The monoisotopic (exact) mass is 558 g/mol. The summed E-state index contributed by atoms with van der Waals surface area (Å²) in [6.07, 6.45) is 0.533. The van der Waals surface area contributed by atoms with Gasteiger partial charge >= 0.3 is 11.9 Å². The predicted octanol–water partition coefficient (Wildman–Crippen LogP) is 0.279. The summed E-state index contributed by atoms with van der Waals surface area (Å²) in [4.78, 5) is 55.0. The van der Waals surface area contributed by atoms with Gasteiger partial charge in [0.05, 0.1) is 17.4 Å². The number of methoxy groups -OCH3 is 1. The molecule has 0 radical (unpaired) electrons. The van der Waals surface area contributed by atoms with Gasteiger partial charge in [0.2, 0.25) is 5.79 Å². The summed E-state index contributed by atoms with van der Waals surface area (Å²) in [6, 6.07) is 0. The average Bonchev–Trinajstić information content (AvgIpc) is 3.25. The number of hydrogen-bond acceptors (Lipinski definition) is 11. The summed E-state index contributed by atoms with van der Waals surface area (Å²) >= 11 is 0. The van der Waals surface area contributed by atoms with Crippen molar-refractivity contribution in [1.82, 2.24) is 0 Å². The lowest BCUT2D eigenvalue weighted by molar-refractivity contribution is -0.352. The molecular weight excluding hydrogens is 524 g/mol. The Balaban J connectivity index is 1.50. The van der Waals surface area contributed by atoms with E-state index in [1.807, 2.05) is 0 Å². The molecule has 4 aliphatic heterocycles. The lowest BCUT2D eigenvalue weighted by Crippen LogP contribution is -2.77. The zero-order valence-corrected chi connectivity index (χ0v) is 22.9. The van der Waals surface area contributed by atoms with Crippen LogP contribution in [0.5, 0.6) is 0 Å². The molecule has 11 nitrogen and oxygen atoms in total. The third-order valence-corrected chi connectivity index (χ3v) is 12.4. The van der Waals surface area contributed by atoms with E-state index < -0.39 is 86.7 Å². The molecule has 2 saturated carbocycles. The standard InChI is InChI=1S/C29H34O11/c1-13-21(33)38-18-12-23(13,2)19-20(32)28(36)15-11-17(31)27(37-5)9-6-7-16(30)24(27,3)14(15)8-10-26(35)22(34)39-25(18,4)29(19,26)40-28/h6-7,14-15,17-19,31,35-36H,1,8-12H2,2-5H3/t14-,15+,17+,18+,19-,23+,24-,25-,26-,27-,28-,29-/m0/s1. The van der Waals surface area contributed by atoms with Crippen LogP contribution in [0.2, 0.25) is 0 Å². The SMILES string of the molecule is C=C1C(=O)O[C@@H]2C[C@@]1(C)[C@@H]1C(=O)[C@@]3(O)O[C@]14[C@@]2(C)OC(=O)[C@@]4(O)CC[C@H]1[C@H]3C[C@@H](O)[C@@]2(OC)CC=CC(=O)[C@]12C. The molecular formula is C29H34O11. The third-order valence-electron chi connectivity index (χ3n) is 12.4.